The van der Waals surface area contributed by atoms with E-state index in [1.54, 1.807) is 18.2 Å². The first-order valence-corrected chi connectivity index (χ1v) is 8.34. The number of rotatable bonds is 5. The first kappa shape index (κ1) is 20.3. The van der Waals surface area contributed by atoms with Gasteiger partial charge >= 0.3 is 6.18 Å². The van der Waals surface area contributed by atoms with E-state index >= 15 is 0 Å². The standard InChI is InChI=1S/C17H17F3N6O3/c1-28-14-7-29-12-3-2-9(4-10(12)24-14)6-22-15(27)11-5-13(17(18,19)20)26-16(25-11)23-8-21/h2-5,8,14,24H,6-7H2,1H3,(H,22,27)(H2,21,23,25,26). The Balaban J connectivity index is 1.75. The monoisotopic (exact) mass is 410 g/mol. The average molecular weight is 410 g/mol. The van der Waals surface area contributed by atoms with Crippen LogP contribution in [0, 0.1) is 0 Å². The summed E-state index contributed by atoms with van der Waals surface area (Å²) in [6.45, 7) is 0.398. The Labute approximate surface area is 163 Å². The molecule has 0 bridgehead atoms. The zero-order valence-corrected chi connectivity index (χ0v) is 15.2. The van der Waals surface area contributed by atoms with Gasteiger partial charge in [0.1, 0.15) is 18.1 Å². The number of fused-ring (bicyclic) bond motifs is 1. The number of alkyl halides is 3. The molecule has 1 aromatic heterocycles. The first-order chi connectivity index (χ1) is 13.8. The van der Waals surface area contributed by atoms with Crippen LogP contribution in [0.2, 0.25) is 0 Å². The van der Waals surface area contributed by atoms with Crippen molar-refractivity contribution in [3.8, 4) is 5.75 Å². The number of ether oxygens (including phenoxy) is 2. The predicted molar refractivity (Wildman–Crippen MR) is 96.9 cm³/mol. The van der Waals surface area contributed by atoms with Crippen LogP contribution < -0.4 is 21.1 Å². The largest absolute Gasteiger partial charge is 0.487 e. The molecule has 9 nitrogen and oxygen atoms in total. The Kier molecular flexibility index (Phi) is 5.82. The quantitative estimate of drug-likeness (QED) is 0.507. The van der Waals surface area contributed by atoms with E-state index in [1.165, 1.54) is 7.11 Å². The van der Waals surface area contributed by atoms with Gasteiger partial charge in [-0.3, -0.25) is 4.79 Å². The third-order valence-electron chi connectivity index (χ3n) is 3.92. The number of methoxy groups -OCH3 is 1. The zero-order chi connectivity index (χ0) is 21.0. The van der Waals surface area contributed by atoms with Crippen molar-refractivity contribution in [2.45, 2.75) is 18.9 Å². The summed E-state index contributed by atoms with van der Waals surface area (Å²) in [6, 6.07) is 5.73. The van der Waals surface area contributed by atoms with Gasteiger partial charge in [0.05, 0.1) is 12.0 Å². The minimum Gasteiger partial charge on any atom is -0.487 e. The molecule has 1 unspecified atom stereocenters. The van der Waals surface area contributed by atoms with Crippen LogP contribution in [0.25, 0.3) is 0 Å². The molecule has 1 aliphatic rings. The van der Waals surface area contributed by atoms with Crippen LogP contribution in [0.3, 0.4) is 0 Å². The number of nitrogens with two attached hydrogens (primary N) is 1. The topological polar surface area (TPSA) is 124 Å². The van der Waals surface area contributed by atoms with Gasteiger partial charge in [0.2, 0.25) is 0 Å². The zero-order valence-electron chi connectivity index (χ0n) is 15.2. The summed E-state index contributed by atoms with van der Waals surface area (Å²) in [5.74, 6) is -0.750. The van der Waals surface area contributed by atoms with E-state index in [1.807, 2.05) is 0 Å². The van der Waals surface area contributed by atoms with Crippen LogP contribution in [-0.2, 0) is 17.5 Å². The number of hydrogen-bond acceptors (Lipinski definition) is 7. The molecule has 0 saturated carbocycles. The maximum Gasteiger partial charge on any atom is 0.433 e. The summed E-state index contributed by atoms with van der Waals surface area (Å²) in [6.07, 6.45) is -4.33. The third-order valence-corrected chi connectivity index (χ3v) is 3.92. The number of aromatic nitrogens is 2. The number of halogens is 3. The number of aliphatic imine (C=N–C) groups is 1. The Morgan fingerprint density at radius 2 is 2.24 bits per heavy atom. The van der Waals surface area contributed by atoms with Crippen LogP contribution in [-0.4, -0.2) is 42.2 Å². The van der Waals surface area contributed by atoms with Gasteiger partial charge in [0.25, 0.3) is 11.9 Å². The number of benzene rings is 1. The Morgan fingerprint density at radius 1 is 1.45 bits per heavy atom. The minimum absolute atomic E-state index is 0.0479. The molecule has 2 heterocycles. The molecular weight excluding hydrogens is 393 g/mol. The normalized spacial score (nSPS) is 16.1. The van der Waals surface area contributed by atoms with Gasteiger partial charge in [0.15, 0.2) is 11.9 Å². The van der Waals surface area contributed by atoms with Crippen molar-refractivity contribution in [2.24, 2.45) is 10.7 Å². The number of nitrogens with one attached hydrogen (secondary N) is 2. The molecule has 1 amide bonds. The number of anilines is 1. The predicted octanol–water partition coefficient (Wildman–Crippen LogP) is 1.82. The highest BCUT2D eigenvalue weighted by atomic mass is 19.4. The lowest BCUT2D eigenvalue weighted by molar-refractivity contribution is -0.141. The van der Waals surface area contributed by atoms with Gasteiger partial charge in [-0.1, -0.05) is 6.07 Å². The van der Waals surface area contributed by atoms with E-state index in [0.717, 1.165) is 6.34 Å². The highest BCUT2D eigenvalue weighted by molar-refractivity contribution is 5.92. The molecule has 4 N–H and O–H groups in total. The first-order valence-electron chi connectivity index (χ1n) is 8.34. The second kappa shape index (κ2) is 8.31. The van der Waals surface area contributed by atoms with E-state index in [0.29, 0.717) is 29.7 Å². The molecule has 29 heavy (non-hydrogen) atoms. The maximum absolute atomic E-state index is 13.0. The van der Waals surface area contributed by atoms with E-state index in [2.05, 4.69) is 25.6 Å². The van der Waals surface area contributed by atoms with Crippen molar-refractivity contribution in [1.82, 2.24) is 15.3 Å². The molecular formula is C17H17F3N6O3. The fourth-order valence-corrected chi connectivity index (χ4v) is 2.53. The molecule has 1 atom stereocenters. The molecule has 154 valence electrons. The summed E-state index contributed by atoms with van der Waals surface area (Å²) in [5, 5.41) is 5.63. The van der Waals surface area contributed by atoms with E-state index in [-0.39, 0.29) is 12.8 Å². The molecule has 0 spiro atoms. The molecule has 0 fully saturated rings. The smallest absolute Gasteiger partial charge is 0.433 e. The average Bonchev–Trinajstić information content (AvgIpc) is 2.70. The molecule has 12 heteroatoms. The van der Waals surface area contributed by atoms with Crippen molar-refractivity contribution in [2.75, 3.05) is 19.0 Å². The van der Waals surface area contributed by atoms with Crippen molar-refractivity contribution in [3.05, 3.63) is 41.2 Å². The van der Waals surface area contributed by atoms with Crippen LogP contribution >= 0.6 is 0 Å². The van der Waals surface area contributed by atoms with Crippen LogP contribution in [0.5, 0.6) is 5.75 Å². The van der Waals surface area contributed by atoms with Gasteiger partial charge in [-0.2, -0.15) is 13.2 Å². The van der Waals surface area contributed by atoms with Gasteiger partial charge in [0, 0.05) is 19.7 Å². The fourth-order valence-electron chi connectivity index (χ4n) is 2.53. The van der Waals surface area contributed by atoms with Crippen LogP contribution in [0.15, 0.2) is 29.3 Å². The molecule has 2 aromatic rings. The summed E-state index contributed by atoms with van der Waals surface area (Å²) in [7, 11) is 1.54. The Bertz CT molecular complexity index is 935. The second-order valence-corrected chi connectivity index (χ2v) is 5.91. The Morgan fingerprint density at radius 3 is 2.93 bits per heavy atom. The minimum atomic E-state index is -4.76. The summed E-state index contributed by atoms with van der Waals surface area (Å²) < 4.78 is 49.7. The lowest BCUT2D eigenvalue weighted by atomic mass is 10.1. The van der Waals surface area contributed by atoms with E-state index in [4.69, 9.17) is 15.2 Å². The number of hydrogen-bond donors (Lipinski definition) is 3. The van der Waals surface area contributed by atoms with E-state index in [9.17, 15) is 18.0 Å². The SMILES string of the molecule is COC1COc2ccc(CNC(=O)c3cc(C(F)(F)F)nc(N=CN)n3)cc2N1. The Hall–Kier alpha value is -3.41. The molecule has 0 aliphatic carbocycles. The molecule has 3 rings (SSSR count). The summed E-state index contributed by atoms with van der Waals surface area (Å²) in [5.41, 5.74) is 4.67. The van der Waals surface area contributed by atoms with Gasteiger partial charge in [-0.15, -0.1) is 0 Å². The highest BCUT2D eigenvalue weighted by Crippen LogP contribution is 2.30. The van der Waals surface area contributed by atoms with Crippen molar-refractivity contribution in [3.63, 3.8) is 0 Å². The van der Waals surface area contributed by atoms with Crippen LogP contribution in [0.1, 0.15) is 21.7 Å². The third kappa shape index (κ3) is 4.90. The summed E-state index contributed by atoms with van der Waals surface area (Å²) >= 11 is 0. The van der Waals surface area contributed by atoms with Crippen molar-refractivity contribution >= 4 is 23.9 Å². The molecule has 1 aliphatic heterocycles. The summed E-state index contributed by atoms with van der Waals surface area (Å²) in [4.78, 5) is 22.7. The van der Waals surface area contributed by atoms with E-state index < -0.39 is 29.4 Å². The highest BCUT2D eigenvalue weighted by Gasteiger charge is 2.34. The van der Waals surface area contributed by atoms with Gasteiger partial charge < -0.3 is 25.8 Å². The lowest BCUT2D eigenvalue weighted by Crippen LogP contribution is -2.33. The van der Waals surface area contributed by atoms with Crippen molar-refractivity contribution in [1.29, 1.82) is 0 Å². The van der Waals surface area contributed by atoms with Crippen molar-refractivity contribution < 1.29 is 27.4 Å². The van der Waals surface area contributed by atoms with Gasteiger partial charge in [-0.05, 0) is 17.7 Å². The maximum atomic E-state index is 13.0. The second-order valence-electron chi connectivity index (χ2n) is 5.91. The number of carbonyl (C=O) groups is 1. The van der Waals surface area contributed by atoms with Gasteiger partial charge in [-0.25, -0.2) is 15.0 Å². The number of nitrogens with zero attached hydrogens (tertiary/aromatic N) is 3. The molecule has 0 saturated heterocycles. The number of carbonyl (C=O) groups excluding carboxylic acids is 1. The molecule has 1 aromatic carbocycles. The fraction of sp³-hybridized carbons (Fsp3) is 0.294. The number of amides is 1. The molecule has 0 radical (unpaired) electrons. The van der Waals surface area contributed by atoms with Crippen LogP contribution in [0.4, 0.5) is 24.8 Å². The lowest BCUT2D eigenvalue weighted by Gasteiger charge is -2.26.